The van der Waals surface area contributed by atoms with Crippen LogP contribution >= 0.6 is 0 Å². The molecular weight excluding hydrogens is 430 g/mol. The van der Waals surface area contributed by atoms with Gasteiger partial charge in [-0.05, 0) is 56.0 Å². The number of hydrogen-bond acceptors (Lipinski definition) is 5. The van der Waals surface area contributed by atoms with Gasteiger partial charge in [0.15, 0.2) is 11.5 Å². The summed E-state index contributed by atoms with van der Waals surface area (Å²) in [6.07, 6.45) is 5.31. The second kappa shape index (κ2) is 11.6. The first-order valence-electron chi connectivity index (χ1n) is 11.8. The van der Waals surface area contributed by atoms with Crippen molar-refractivity contribution >= 4 is 22.4 Å². The van der Waals surface area contributed by atoms with E-state index in [0.717, 1.165) is 59.2 Å². The van der Waals surface area contributed by atoms with E-state index >= 15 is 0 Å². The van der Waals surface area contributed by atoms with Gasteiger partial charge in [-0.15, -0.1) is 0 Å². The monoisotopic (exact) mass is 465 g/mol. The Bertz CT molecular complexity index is 1160. The van der Waals surface area contributed by atoms with Crippen LogP contribution in [-0.2, 0) is 4.79 Å². The second-order valence-electron chi connectivity index (χ2n) is 8.15. The SMILES string of the molecule is CCCN(CCC)C(=O)/C=C(\C)c1cc2c(-c3ccc(OC)c(OC)c3)coc2cc1OCC. The van der Waals surface area contributed by atoms with Crippen LogP contribution in [0, 0.1) is 0 Å². The number of hydrogen-bond donors (Lipinski definition) is 0. The quantitative estimate of drug-likeness (QED) is 0.300. The van der Waals surface area contributed by atoms with Crippen LogP contribution in [-0.4, -0.2) is 44.7 Å². The first-order valence-corrected chi connectivity index (χ1v) is 11.8. The average molecular weight is 466 g/mol. The maximum absolute atomic E-state index is 13.0. The van der Waals surface area contributed by atoms with Gasteiger partial charge in [-0.3, -0.25) is 4.79 Å². The molecule has 3 aromatic rings. The molecule has 0 radical (unpaired) electrons. The maximum Gasteiger partial charge on any atom is 0.246 e. The molecule has 6 heteroatoms. The van der Waals surface area contributed by atoms with Crippen molar-refractivity contribution in [3.63, 3.8) is 0 Å². The van der Waals surface area contributed by atoms with Crippen LogP contribution in [0.3, 0.4) is 0 Å². The van der Waals surface area contributed by atoms with Gasteiger partial charge in [0.2, 0.25) is 5.91 Å². The second-order valence-corrected chi connectivity index (χ2v) is 8.15. The summed E-state index contributed by atoms with van der Waals surface area (Å²) in [5.74, 6) is 2.03. The van der Waals surface area contributed by atoms with E-state index in [1.807, 2.05) is 49.1 Å². The summed E-state index contributed by atoms with van der Waals surface area (Å²) < 4.78 is 22.7. The van der Waals surface area contributed by atoms with Gasteiger partial charge < -0.3 is 23.5 Å². The molecule has 0 aliphatic heterocycles. The molecule has 1 aromatic heterocycles. The number of benzene rings is 2. The normalized spacial score (nSPS) is 11.5. The lowest BCUT2D eigenvalue weighted by Crippen LogP contribution is -2.31. The zero-order valence-electron chi connectivity index (χ0n) is 21.1. The first-order chi connectivity index (χ1) is 16.5. The third-order valence-electron chi connectivity index (χ3n) is 5.73. The molecule has 0 bridgehead atoms. The zero-order chi connectivity index (χ0) is 24.7. The summed E-state index contributed by atoms with van der Waals surface area (Å²) in [6, 6.07) is 9.72. The third kappa shape index (κ3) is 5.38. The Balaban J connectivity index is 2.09. The lowest BCUT2D eigenvalue weighted by atomic mass is 9.99. The van der Waals surface area contributed by atoms with Crippen molar-refractivity contribution in [2.75, 3.05) is 33.9 Å². The Morgan fingerprint density at radius 3 is 2.29 bits per heavy atom. The standard InChI is InChI=1S/C28H35NO5/c1-7-12-29(13-8-2)28(30)14-19(4)21-16-22-23(18-34-26(22)17-25(21)33-9-3)20-10-11-24(31-5)27(15-20)32-6/h10-11,14-18H,7-9,12-13H2,1-6H3/b19-14+. The van der Waals surface area contributed by atoms with E-state index in [1.54, 1.807) is 26.6 Å². The molecule has 182 valence electrons. The molecule has 3 rings (SSSR count). The summed E-state index contributed by atoms with van der Waals surface area (Å²) in [7, 11) is 3.23. The Labute approximate surface area is 202 Å². The van der Waals surface area contributed by atoms with Gasteiger partial charge in [0, 0.05) is 41.7 Å². The van der Waals surface area contributed by atoms with Gasteiger partial charge >= 0.3 is 0 Å². The topological polar surface area (TPSA) is 61.1 Å². The molecule has 6 nitrogen and oxygen atoms in total. The van der Waals surface area contributed by atoms with E-state index in [1.165, 1.54) is 0 Å². The van der Waals surface area contributed by atoms with Gasteiger partial charge in [-0.2, -0.15) is 0 Å². The van der Waals surface area contributed by atoms with Crippen molar-refractivity contribution < 1.29 is 23.4 Å². The van der Waals surface area contributed by atoms with E-state index < -0.39 is 0 Å². The van der Waals surface area contributed by atoms with Crippen molar-refractivity contribution in [1.29, 1.82) is 0 Å². The highest BCUT2D eigenvalue weighted by atomic mass is 16.5. The first kappa shape index (κ1) is 25.2. The summed E-state index contributed by atoms with van der Waals surface area (Å²) in [5, 5.41) is 0.935. The fourth-order valence-corrected chi connectivity index (χ4v) is 4.09. The maximum atomic E-state index is 13.0. The highest BCUT2D eigenvalue weighted by Gasteiger charge is 2.17. The van der Waals surface area contributed by atoms with E-state index in [-0.39, 0.29) is 5.91 Å². The summed E-state index contributed by atoms with van der Waals surface area (Å²) in [5.41, 5.74) is 4.32. The van der Waals surface area contributed by atoms with Crippen molar-refractivity contribution in [2.45, 2.75) is 40.5 Å². The number of allylic oxidation sites excluding steroid dienone is 1. The van der Waals surface area contributed by atoms with Gasteiger partial charge in [0.05, 0.1) is 27.1 Å². The van der Waals surface area contributed by atoms with Crippen LogP contribution in [0.5, 0.6) is 17.2 Å². The van der Waals surface area contributed by atoms with Gasteiger partial charge in [-0.1, -0.05) is 19.9 Å². The van der Waals surface area contributed by atoms with Gasteiger partial charge in [0.25, 0.3) is 0 Å². The van der Waals surface area contributed by atoms with E-state index in [4.69, 9.17) is 18.6 Å². The van der Waals surface area contributed by atoms with Crippen LogP contribution < -0.4 is 14.2 Å². The lowest BCUT2D eigenvalue weighted by molar-refractivity contribution is -0.126. The largest absolute Gasteiger partial charge is 0.493 e. The van der Waals surface area contributed by atoms with Crippen LogP contribution in [0.1, 0.15) is 46.1 Å². The average Bonchev–Trinajstić information content (AvgIpc) is 3.25. The molecule has 0 aliphatic rings. The molecule has 0 atom stereocenters. The van der Waals surface area contributed by atoms with E-state index in [9.17, 15) is 4.79 Å². The minimum absolute atomic E-state index is 0.0241. The third-order valence-corrected chi connectivity index (χ3v) is 5.73. The fraction of sp³-hybridized carbons (Fsp3) is 0.393. The molecule has 0 fully saturated rings. The van der Waals surface area contributed by atoms with Crippen LogP contribution in [0.15, 0.2) is 47.1 Å². The highest BCUT2D eigenvalue weighted by molar-refractivity contribution is 6.00. The van der Waals surface area contributed by atoms with Crippen molar-refractivity contribution in [3.05, 3.63) is 48.2 Å². The van der Waals surface area contributed by atoms with Crippen LogP contribution in [0.4, 0.5) is 0 Å². The van der Waals surface area contributed by atoms with Crippen LogP contribution in [0.25, 0.3) is 27.7 Å². The molecule has 0 spiro atoms. The molecule has 0 saturated carbocycles. The number of rotatable bonds is 11. The summed E-state index contributed by atoms with van der Waals surface area (Å²) >= 11 is 0. The number of fused-ring (bicyclic) bond motifs is 1. The number of methoxy groups -OCH3 is 2. The smallest absolute Gasteiger partial charge is 0.246 e. The minimum Gasteiger partial charge on any atom is -0.493 e. The van der Waals surface area contributed by atoms with E-state index in [0.29, 0.717) is 23.9 Å². The predicted octanol–water partition coefficient (Wildman–Crippen LogP) is 6.57. The number of furan rings is 1. The Morgan fingerprint density at radius 2 is 1.68 bits per heavy atom. The Hall–Kier alpha value is -3.41. The van der Waals surface area contributed by atoms with Crippen molar-refractivity contribution in [1.82, 2.24) is 4.90 Å². The number of amides is 1. The molecule has 2 aromatic carbocycles. The minimum atomic E-state index is 0.0241. The number of nitrogens with zero attached hydrogens (tertiary/aromatic N) is 1. The molecule has 1 heterocycles. The molecule has 34 heavy (non-hydrogen) atoms. The number of carbonyl (C=O) groups is 1. The van der Waals surface area contributed by atoms with Crippen molar-refractivity contribution in [3.8, 4) is 28.4 Å². The molecule has 0 N–H and O–H groups in total. The lowest BCUT2D eigenvalue weighted by Gasteiger charge is -2.20. The van der Waals surface area contributed by atoms with Crippen LogP contribution in [0.2, 0.25) is 0 Å². The van der Waals surface area contributed by atoms with E-state index in [2.05, 4.69) is 13.8 Å². The molecule has 1 amide bonds. The molecule has 0 unspecified atom stereocenters. The summed E-state index contributed by atoms with van der Waals surface area (Å²) in [4.78, 5) is 14.9. The highest BCUT2D eigenvalue weighted by Crippen LogP contribution is 2.40. The molecule has 0 aliphatic carbocycles. The zero-order valence-corrected chi connectivity index (χ0v) is 21.1. The fourth-order valence-electron chi connectivity index (χ4n) is 4.09. The number of carbonyl (C=O) groups excluding carboxylic acids is 1. The van der Waals surface area contributed by atoms with Gasteiger partial charge in [-0.25, -0.2) is 0 Å². The predicted molar refractivity (Wildman–Crippen MR) is 137 cm³/mol. The Morgan fingerprint density at radius 1 is 0.971 bits per heavy atom. The van der Waals surface area contributed by atoms with Crippen molar-refractivity contribution in [2.24, 2.45) is 0 Å². The molecular formula is C28H35NO5. The molecule has 0 saturated heterocycles. The summed E-state index contributed by atoms with van der Waals surface area (Å²) in [6.45, 7) is 10.1. The van der Waals surface area contributed by atoms with Gasteiger partial charge in [0.1, 0.15) is 11.3 Å². The number of ether oxygens (including phenoxy) is 3. The Kier molecular flexibility index (Phi) is 8.63.